The fraction of sp³-hybridized carbons (Fsp3) is 0.200. The average molecular weight is 252 g/mol. The first-order valence-corrected chi connectivity index (χ1v) is 6.11. The van der Waals surface area contributed by atoms with Crippen molar-refractivity contribution in [3.05, 3.63) is 58.7 Å². The Morgan fingerprint density at radius 1 is 1.26 bits per heavy atom. The SMILES string of the molecule is N#CC1=C(N)OC2=C(C(=O)CC2)[C@H]1c1ccccc1. The third-order valence-electron chi connectivity index (χ3n) is 3.51. The number of hydrogen-bond donors (Lipinski definition) is 1. The predicted octanol–water partition coefficient (Wildman–Crippen LogP) is 2.11. The highest BCUT2D eigenvalue weighted by molar-refractivity contribution is 6.01. The Hall–Kier alpha value is -2.54. The van der Waals surface area contributed by atoms with Gasteiger partial charge in [-0.15, -0.1) is 0 Å². The van der Waals surface area contributed by atoms with E-state index < -0.39 is 0 Å². The first-order chi connectivity index (χ1) is 9.22. The van der Waals surface area contributed by atoms with Crippen LogP contribution in [-0.2, 0) is 9.53 Å². The summed E-state index contributed by atoms with van der Waals surface area (Å²) in [5, 5.41) is 9.30. The molecule has 0 bridgehead atoms. The quantitative estimate of drug-likeness (QED) is 0.830. The summed E-state index contributed by atoms with van der Waals surface area (Å²) in [6, 6.07) is 11.5. The molecule has 1 heterocycles. The van der Waals surface area contributed by atoms with Gasteiger partial charge in [-0.05, 0) is 5.56 Å². The minimum absolute atomic E-state index is 0.0455. The molecule has 19 heavy (non-hydrogen) atoms. The smallest absolute Gasteiger partial charge is 0.205 e. The number of nitrogens with zero attached hydrogens (tertiary/aromatic N) is 1. The number of rotatable bonds is 1. The minimum atomic E-state index is -0.384. The molecule has 4 heteroatoms. The zero-order valence-corrected chi connectivity index (χ0v) is 10.2. The summed E-state index contributed by atoms with van der Waals surface area (Å²) >= 11 is 0. The van der Waals surface area contributed by atoms with Crippen molar-refractivity contribution in [3.8, 4) is 6.07 Å². The number of nitrogens with two attached hydrogens (primary N) is 1. The van der Waals surface area contributed by atoms with Gasteiger partial charge < -0.3 is 10.5 Å². The van der Waals surface area contributed by atoms with E-state index in [4.69, 9.17) is 10.5 Å². The number of nitriles is 1. The fourth-order valence-electron chi connectivity index (χ4n) is 2.65. The second-order valence-corrected chi connectivity index (χ2v) is 4.60. The third kappa shape index (κ3) is 1.71. The van der Waals surface area contributed by atoms with Gasteiger partial charge in [0.05, 0.1) is 5.92 Å². The van der Waals surface area contributed by atoms with Gasteiger partial charge in [-0.25, -0.2) is 0 Å². The van der Waals surface area contributed by atoms with Crippen molar-refractivity contribution in [1.29, 1.82) is 5.26 Å². The first kappa shape index (κ1) is 11.5. The number of Topliss-reactive ketones (excluding diaryl/α,β-unsaturated/α-hetero) is 1. The van der Waals surface area contributed by atoms with Crippen LogP contribution in [-0.4, -0.2) is 5.78 Å². The number of carbonyl (C=O) groups is 1. The summed E-state index contributed by atoms with van der Waals surface area (Å²) in [4.78, 5) is 12.0. The van der Waals surface area contributed by atoms with Gasteiger partial charge in [0.1, 0.15) is 17.4 Å². The molecule has 1 aliphatic heterocycles. The molecule has 0 amide bonds. The average Bonchev–Trinajstić information content (AvgIpc) is 2.79. The van der Waals surface area contributed by atoms with E-state index in [1.54, 1.807) is 0 Å². The van der Waals surface area contributed by atoms with E-state index in [-0.39, 0.29) is 17.6 Å². The number of carbonyl (C=O) groups excluding carboxylic acids is 1. The molecule has 1 aromatic rings. The highest BCUT2D eigenvalue weighted by atomic mass is 16.5. The molecular formula is C15H12N2O2. The maximum atomic E-state index is 12.0. The molecule has 94 valence electrons. The van der Waals surface area contributed by atoms with Crippen molar-refractivity contribution in [2.45, 2.75) is 18.8 Å². The van der Waals surface area contributed by atoms with E-state index in [0.29, 0.717) is 29.7 Å². The lowest BCUT2D eigenvalue weighted by atomic mass is 9.83. The molecule has 4 nitrogen and oxygen atoms in total. The van der Waals surface area contributed by atoms with E-state index in [1.165, 1.54) is 0 Å². The van der Waals surface area contributed by atoms with Crippen LogP contribution in [0.15, 0.2) is 53.1 Å². The summed E-state index contributed by atoms with van der Waals surface area (Å²) in [6.45, 7) is 0. The van der Waals surface area contributed by atoms with Crippen LogP contribution in [0.1, 0.15) is 24.3 Å². The van der Waals surface area contributed by atoms with Crippen LogP contribution in [0.2, 0.25) is 0 Å². The number of ketones is 1. The van der Waals surface area contributed by atoms with E-state index in [0.717, 1.165) is 5.56 Å². The minimum Gasteiger partial charge on any atom is -0.444 e. The zero-order valence-electron chi connectivity index (χ0n) is 10.2. The van der Waals surface area contributed by atoms with E-state index in [1.807, 2.05) is 30.3 Å². The van der Waals surface area contributed by atoms with E-state index in [2.05, 4.69) is 6.07 Å². The Morgan fingerprint density at radius 3 is 2.68 bits per heavy atom. The molecule has 0 unspecified atom stereocenters. The van der Waals surface area contributed by atoms with Gasteiger partial charge in [0.15, 0.2) is 5.78 Å². The van der Waals surface area contributed by atoms with Crippen LogP contribution in [0.25, 0.3) is 0 Å². The van der Waals surface area contributed by atoms with Crippen LogP contribution in [0.5, 0.6) is 0 Å². The molecule has 0 saturated carbocycles. The van der Waals surface area contributed by atoms with Crippen molar-refractivity contribution >= 4 is 5.78 Å². The lowest BCUT2D eigenvalue weighted by Crippen LogP contribution is -2.21. The zero-order chi connectivity index (χ0) is 13.4. The number of benzene rings is 1. The number of hydrogen-bond acceptors (Lipinski definition) is 4. The molecule has 0 fully saturated rings. The number of allylic oxidation sites excluding steroid dienone is 3. The monoisotopic (exact) mass is 252 g/mol. The molecule has 0 saturated heterocycles. The predicted molar refractivity (Wildman–Crippen MR) is 68.4 cm³/mol. The summed E-state index contributed by atoms with van der Waals surface area (Å²) in [5.41, 5.74) is 7.62. The third-order valence-corrected chi connectivity index (χ3v) is 3.51. The van der Waals surface area contributed by atoms with Crippen molar-refractivity contribution in [1.82, 2.24) is 0 Å². The van der Waals surface area contributed by atoms with Crippen molar-refractivity contribution < 1.29 is 9.53 Å². The second-order valence-electron chi connectivity index (χ2n) is 4.60. The molecule has 1 aliphatic carbocycles. The van der Waals surface area contributed by atoms with Gasteiger partial charge in [0.2, 0.25) is 5.88 Å². The Labute approximate surface area is 110 Å². The molecular weight excluding hydrogens is 240 g/mol. The first-order valence-electron chi connectivity index (χ1n) is 6.11. The van der Waals surface area contributed by atoms with Crippen LogP contribution in [0, 0.1) is 11.3 Å². The van der Waals surface area contributed by atoms with Crippen LogP contribution in [0.3, 0.4) is 0 Å². The summed E-state index contributed by atoms with van der Waals surface area (Å²) < 4.78 is 5.43. The molecule has 0 radical (unpaired) electrons. The normalized spacial score (nSPS) is 22.1. The van der Waals surface area contributed by atoms with Crippen molar-refractivity contribution in [2.75, 3.05) is 0 Å². The lowest BCUT2D eigenvalue weighted by Gasteiger charge is -2.25. The van der Waals surface area contributed by atoms with Gasteiger partial charge in [0.25, 0.3) is 0 Å². The van der Waals surface area contributed by atoms with Gasteiger partial charge in [-0.3, -0.25) is 4.79 Å². The highest BCUT2D eigenvalue weighted by Crippen LogP contribution is 2.43. The highest BCUT2D eigenvalue weighted by Gasteiger charge is 2.39. The maximum Gasteiger partial charge on any atom is 0.205 e. The van der Waals surface area contributed by atoms with Crippen molar-refractivity contribution in [3.63, 3.8) is 0 Å². The molecule has 1 aromatic carbocycles. The summed E-state index contributed by atoms with van der Waals surface area (Å²) in [6.07, 6.45) is 0.997. The van der Waals surface area contributed by atoms with Gasteiger partial charge >= 0.3 is 0 Å². The van der Waals surface area contributed by atoms with Crippen LogP contribution >= 0.6 is 0 Å². The lowest BCUT2D eigenvalue weighted by molar-refractivity contribution is -0.115. The molecule has 2 N–H and O–H groups in total. The molecule has 0 spiro atoms. The van der Waals surface area contributed by atoms with E-state index >= 15 is 0 Å². The molecule has 1 atom stereocenters. The fourth-order valence-corrected chi connectivity index (χ4v) is 2.65. The maximum absolute atomic E-state index is 12.0. The Bertz CT molecular complexity index is 650. The Kier molecular flexibility index (Phi) is 2.60. The molecule has 3 rings (SSSR count). The second kappa shape index (κ2) is 4.29. The van der Waals surface area contributed by atoms with Gasteiger partial charge in [-0.2, -0.15) is 5.26 Å². The van der Waals surface area contributed by atoms with Gasteiger partial charge in [-0.1, -0.05) is 30.3 Å². The van der Waals surface area contributed by atoms with Crippen molar-refractivity contribution in [2.24, 2.45) is 5.73 Å². The summed E-state index contributed by atoms with van der Waals surface area (Å²) in [7, 11) is 0. The largest absolute Gasteiger partial charge is 0.444 e. The topological polar surface area (TPSA) is 76.1 Å². The van der Waals surface area contributed by atoms with Crippen LogP contribution < -0.4 is 5.73 Å². The van der Waals surface area contributed by atoms with Gasteiger partial charge in [0, 0.05) is 18.4 Å². The Balaban J connectivity index is 2.18. The number of ether oxygens (including phenoxy) is 1. The molecule has 0 aromatic heterocycles. The summed E-state index contributed by atoms with van der Waals surface area (Å²) in [5.74, 6) is 0.397. The molecule has 2 aliphatic rings. The standard InChI is InChI=1S/C15H12N2O2/c16-8-10-13(9-4-2-1-3-5-9)14-11(18)6-7-12(14)19-15(10)17/h1-5,13H,6-7,17H2/t13-/m0/s1. The van der Waals surface area contributed by atoms with Crippen LogP contribution in [0.4, 0.5) is 0 Å². The Morgan fingerprint density at radius 2 is 2.00 bits per heavy atom. The van der Waals surface area contributed by atoms with E-state index in [9.17, 15) is 10.1 Å².